The summed E-state index contributed by atoms with van der Waals surface area (Å²) in [6, 6.07) is 8.00. The van der Waals surface area contributed by atoms with E-state index in [9.17, 15) is 9.59 Å². The monoisotopic (exact) mass is 380 g/mol. The Morgan fingerprint density at radius 2 is 2.14 bits per heavy atom. The second-order valence-corrected chi connectivity index (χ2v) is 8.80. The van der Waals surface area contributed by atoms with Crippen LogP contribution in [0.5, 0.6) is 0 Å². The molecule has 0 N–H and O–H groups in total. The van der Waals surface area contributed by atoms with E-state index in [4.69, 9.17) is 9.47 Å². The molecule has 0 aromatic heterocycles. The third kappa shape index (κ3) is 1.44. The van der Waals surface area contributed by atoms with Crippen LogP contribution < -0.4 is 4.90 Å². The van der Waals surface area contributed by atoms with Crippen LogP contribution in [0.15, 0.2) is 35.9 Å². The number of ether oxygens (including phenoxy) is 2. The van der Waals surface area contributed by atoms with Gasteiger partial charge in [-0.15, -0.1) is 0 Å². The Morgan fingerprint density at radius 1 is 1.36 bits per heavy atom. The summed E-state index contributed by atoms with van der Waals surface area (Å²) in [6.07, 6.45) is 2.61. The van der Waals surface area contributed by atoms with Gasteiger partial charge in [-0.1, -0.05) is 29.8 Å². The summed E-state index contributed by atoms with van der Waals surface area (Å²) < 4.78 is 11.7. The van der Waals surface area contributed by atoms with Gasteiger partial charge in [-0.05, 0) is 25.0 Å². The van der Waals surface area contributed by atoms with E-state index in [1.165, 1.54) is 12.7 Å². The molecule has 7 atom stereocenters. The van der Waals surface area contributed by atoms with E-state index in [-0.39, 0.29) is 36.0 Å². The number of anilines is 1. The van der Waals surface area contributed by atoms with E-state index >= 15 is 0 Å². The Bertz CT molecular complexity index is 958. The summed E-state index contributed by atoms with van der Waals surface area (Å²) in [6.45, 7) is 3.16. The number of fused-ring (bicyclic) bond motifs is 4. The molecule has 1 spiro atoms. The van der Waals surface area contributed by atoms with Gasteiger partial charge in [0.05, 0.1) is 25.9 Å². The smallest absolute Gasteiger partial charge is 0.316 e. The molecule has 5 saturated heterocycles. The van der Waals surface area contributed by atoms with Gasteiger partial charge >= 0.3 is 5.97 Å². The summed E-state index contributed by atoms with van der Waals surface area (Å²) in [4.78, 5) is 31.1. The third-order valence-electron chi connectivity index (χ3n) is 8.25. The summed E-state index contributed by atoms with van der Waals surface area (Å²) in [5.41, 5.74) is 1.83. The molecule has 0 saturated carbocycles. The first-order chi connectivity index (χ1) is 13.5. The van der Waals surface area contributed by atoms with Crippen LogP contribution in [-0.4, -0.2) is 62.3 Å². The van der Waals surface area contributed by atoms with Gasteiger partial charge < -0.3 is 14.4 Å². The molecule has 6 aliphatic heterocycles. The van der Waals surface area contributed by atoms with Crippen molar-refractivity contribution in [3.8, 4) is 0 Å². The lowest BCUT2D eigenvalue weighted by Gasteiger charge is -2.56. The molecule has 7 unspecified atom stereocenters. The molecule has 5 fully saturated rings. The van der Waals surface area contributed by atoms with E-state index in [0.29, 0.717) is 6.61 Å². The molecule has 6 heterocycles. The van der Waals surface area contributed by atoms with Crippen molar-refractivity contribution in [2.24, 2.45) is 11.3 Å². The Kier molecular flexibility index (Phi) is 3.02. The highest BCUT2D eigenvalue weighted by molar-refractivity contribution is 6.09. The average Bonchev–Trinajstić information content (AvgIpc) is 3.32. The molecule has 6 aliphatic rings. The van der Waals surface area contributed by atoms with Crippen LogP contribution in [-0.2, 0) is 24.5 Å². The molecular formula is C22H24N2O4. The molecule has 1 amide bonds. The van der Waals surface area contributed by atoms with Crippen molar-refractivity contribution in [3.05, 3.63) is 41.5 Å². The van der Waals surface area contributed by atoms with E-state index in [0.717, 1.165) is 24.2 Å². The lowest BCUT2D eigenvalue weighted by molar-refractivity contribution is -0.168. The van der Waals surface area contributed by atoms with Crippen LogP contribution in [0.3, 0.4) is 0 Å². The van der Waals surface area contributed by atoms with E-state index in [1.54, 1.807) is 4.90 Å². The maximum Gasteiger partial charge on any atom is 0.316 e. The van der Waals surface area contributed by atoms with Crippen molar-refractivity contribution >= 4 is 17.6 Å². The first-order valence-corrected chi connectivity index (χ1v) is 10.0. The van der Waals surface area contributed by atoms with Crippen LogP contribution >= 0.6 is 0 Å². The van der Waals surface area contributed by atoms with Crippen LogP contribution in [0.2, 0.25) is 0 Å². The molecule has 28 heavy (non-hydrogen) atoms. The van der Waals surface area contributed by atoms with Crippen molar-refractivity contribution in [2.45, 2.75) is 36.9 Å². The minimum absolute atomic E-state index is 0.0490. The number of carbonyl (C=O) groups excluding carboxylic acids is 2. The quantitative estimate of drug-likeness (QED) is 0.546. The number of carbonyl (C=O) groups is 2. The lowest BCUT2D eigenvalue weighted by atomic mass is 9.60. The summed E-state index contributed by atoms with van der Waals surface area (Å²) >= 11 is 0. The molecule has 6 heteroatoms. The fourth-order valence-electron chi connectivity index (χ4n) is 7.26. The largest absolute Gasteiger partial charge is 0.468 e. The maximum absolute atomic E-state index is 13.8. The minimum Gasteiger partial charge on any atom is -0.468 e. The topological polar surface area (TPSA) is 59.1 Å². The normalized spacial score (nSPS) is 46.0. The zero-order valence-corrected chi connectivity index (χ0v) is 16.3. The number of likely N-dealkylation sites (N-methyl/N-ethyl adjacent to an activating group) is 1. The minimum atomic E-state index is -0.736. The number of hydrogen-bond acceptors (Lipinski definition) is 5. The van der Waals surface area contributed by atoms with Gasteiger partial charge in [0.25, 0.3) is 0 Å². The number of esters is 1. The molecule has 7 rings (SSSR count). The molecule has 0 radical (unpaired) electrons. The number of hydrogen-bond donors (Lipinski definition) is 0. The van der Waals surface area contributed by atoms with Crippen molar-refractivity contribution in [1.82, 2.24) is 4.90 Å². The molecule has 0 aliphatic carbocycles. The Balaban J connectivity index is 1.62. The summed E-state index contributed by atoms with van der Waals surface area (Å²) in [5.74, 6) is -0.0294. The molecule has 146 valence electrons. The van der Waals surface area contributed by atoms with Gasteiger partial charge in [0.2, 0.25) is 5.91 Å². The van der Waals surface area contributed by atoms with E-state index in [1.807, 2.05) is 32.2 Å². The number of amides is 1. The van der Waals surface area contributed by atoms with Crippen molar-refractivity contribution in [1.29, 1.82) is 0 Å². The zero-order chi connectivity index (χ0) is 19.4. The van der Waals surface area contributed by atoms with E-state index in [2.05, 4.69) is 17.0 Å². The van der Waals surface area contributed by atoms with Gasteiger partial charge in [0.1, 0.15) is 10.8 Å². The second-order valence-electron chi connectivity index (χ2n) is 8.80. The second kappa shape index (κ2) is 5.05. The fraction of sp³-hybridized carbons (Fsp3) is 0.545. The summed E-state index contributed by atoms with van der Waals surface area (Å²) in [5, 5.41) is 0. The van der Waals surface area contributed by atoms with Crippen LogP contribution in [0.25, 0.3) is 0 Å². The maximum atomic E-state index is 13.8. The van der Waals surface area contributed by atoms with Crippen molar-refractivity contribution in [2.75, 3.05) is 32.2 Å². The average molecular weight is 380 g/mol. The highest BCUT2D eigenvalue weighted by atomic mass is 16.5. The first kappa shape index (κ1) is 16.7. The Hall–Kier alpha value is -2.18. The van der Waals surface area contributed by atoms with Crippen molar-refractivity contribution < 1.29 is 19.1 Å². The number of piperidine rings is 3. The number of allylic oxidation sites excluding steroid dienone is 1. The molecule has 6 nitrogen and oxygen atoms in total. The molecular weight excluding hydrogens is 356 g/mol. The number of methoxy groups -OCH3 is 1. The molecule has 4 bridgehead atoms. The third-order valence-corrected chi connectivity index (χ3v) is 8.25. The van der Waals surface area contributed by atoms with Crippen LogP contribution in [0, 0.1) is 11.3 Å². The SMILES string of the molecule is C/C=C1/CN2C3C4OCC3(C(=O)OC)C1CC2C41C(=O)N(C)c2ccccc21. The first-order valence-electron chi connectivity index (χ1n) is 10.0. The standard InChI is InChI=1S/C22H24N2O4/c1-4-12-10-24-16-9-14(12)21(20(26)27-3)11-28-18(17(21)24)22(16)13-7-5-6-8-15(13)23(2)19(22)25/h4-8,14,16-18H,9-11H2,1-3H3/b12-4-. The Morgan fingerprint density at radius 3 is 2.89 bits per heavy atom. The number of rotatable bonds is 1. The van der Waals surface area contributed by atoms with Gasteiger partial charge in [-0.2, -0.15) is 0 Å². The van der Waals surface area contributed by atoms with E-state index < -0.39 is 10.8 Å². The van der Waals surface area contributed by atoms with Crippen molar-refractivity contribution in [3.63, 3.8) is 0 Å². The van der Waals surface area contributed by atoms with Crippen LogP contribution in [0.4, 0.5) is 5.69 Å². The Labute approximate surface area is 164 Å². The number of para-hydroxylation sites is 1. The van der Waals surface area contributed by atoms with Gasteiger partial charge in [0, 0.05) is 31.2 Å². The number of nitrogens with zero attached hydrogens (tertiary/aromatic N) is 2. The molecule has 1 aromatic carbocycles. The predicted octanol–water partition coefficient (Wildman–Crippen LogP) is 1.49. The molecule has 1 aromatic rings. The fourth-order valence-corrected chi connectivity index (χ4v) is 7.26. The highest BCUT2D eigenvalue weighted by Crippen LogP contribution is 2.68. The lowest BCUT2D eigenvalue weighted by Crippen LogP contribution is -2.66. The van der Waals surface area contributed by atoms with Crippen LogP contribution in [0.1, 0.15) is 18.9 Å². The van der Waals surface area contributed by atoms with Gasteiger partial charge in [0.15, 0.2) is 0 Å². The van der Waals surface area contributed by atoms with Gasteiger partial charge in [-0.25, -0.2) is 0 Å². The summed E-state index contributed by atoms with van der Waals surface area (Å²) in [7, 11) is 3.31. The predicted molar refractivity (Wildman–Crippen MR) is 102 cm³/mol. The van der Waals surface area contributed by atoms with Gasteiger partial charge in [-0.3, -0.25) is 14.5 Å². The zero-order valence-electron chi connectivity index (χ0n) is 16.3. The highest BCUT2D eigenvalue weighted by Gasteiger charge is 2.82. The number of benzene rings is 1.